The van der Waals surface area contributed by atoms with Crippen molar-refractivity contribution in [2.75, 3.05) is 6.61 Å². The van der Waals surface area contributed by atoms with E-state index in [0.717, 1.165) is 38.6 Å². The molecular formula is C23H29N3O5. The fraction of sp³-hybridized carbons (Fsp3) is 0.696. The number of hydrogen-bond donors (Lipinski definition) is 0. The predicted octanol–water partition coefficient (Wildman–Crippen LogP) is 3.12. The Labute approximate surface area is 181 Å². The van der Waals surface area contributed by atoms with Gasteiger partial charge in [0, 0.05) is 41.6 Å². The Kier molecular flexibility index (Phi) is 4.59. The van der Waals surface area contributed by atoms with Gasteiger partial charge in [-0.15, -0.1) is 5.10 Å². The van der Waals surface area contributed by atoms with Crippen LogP contribution in [0.3, 0.4) is 0 Å². The molecule has 31 heavy (non-hydrogen) atoms. The van der Waals surface area contributed by atoms with E-state index < -0.39 is 11.9 Å². The molecule has 1 aromatic rings. The molecule has 6 aliphatic rings. The Morgan fingerprint density at radius 3 is 2.52 bits per heavy atom. The van der Waals surface area contributed by atoms with Crippen LogP contribution in [0.4, 0.5) is 0 Å². The molecule has 7 rings (SSSR count). The molecule has 8 heteroatoms. The van der Waals surface area contributed by atoms with Gasteiger partial charge in [0.05, 0.1) is 12.1 Å². The van der Waals surface area contributed by atoms with E-state index >= 15 is 0 Å². The van der Waals surface area contributed by atoms with E-state index in [0.29, 0.717) is 23.6 Å². The smallest absolute Gasteiger partial charge is 0.356 e. The van der Waals surface area contributed by atoms with Crippen molar-refractivity contribution >= 4 is 11.9 Å². The molecule has 0 radical (unpaired) electrons. The van der Waals surface area contributed by atoms with Crippen molar-refractivity contribution in [2.24, 2.45) is 17.8 Å². The maximum atomic E-state index is 12.8. The molecule has 0 spiro atoms. The molecule has 166 valence electrons. The summed E-state index contributed by atoms with van der Waals surface area (Å²) in [5, 5.41) is 5.74. The van der Waals surface area contributed by atoms with Crippen LogP contribution in [-0.2, 0) is 32.2 Å². The van der Waals surface area contributed by atoms with Gasteiger partial charge >= 0.3 is 11.9 Å². The first-order valence-corrected chi connectivity index (χ1v) is 11.7. The second-order valence-corrected chi connectivity index (χ2v) is 10.1. The van der Waals surface area contributed by atoms with E-state index in [-0.39, 0.29) is 24.1 Å². The lowest BCUT2D eigenvalue weighted by molar-refractivity contribution is -0.384. The number of ether oxygens (including phenoxy) is 1. The highest BCUT2D eigenvalue weighted by Gasteiger charge is 2.57. The lowest BCUT2D eigenvalue weighted by Gasteiger charge is -2.57. The standard InChI is InChI=1S/C23H29N3O5/c27-21-10-18(4-6-29-20-11-19-3-1-2-5-25(19)24-20)22(28)31-26(30-21)23-12-15-7-16(13-23)9-17(8-15)14-23/h10-11,15-17H,1-9,12-14H2. The highest BCUT2D eigenvalue weighted by Crippen LogP contribution is 2.58. The summed E-state index contributed by atoms with van der Waals surface area (Å²) in [7, 11) is 0. The Hall–Kier alpha value is -2.35. The van der Waals surface area contributed by atoms with Crippen LogP contribution in [0.5, 0.6) is 5.88 Å². The summed E-state index contributed by atoms with van der Waals surface area (Å²) in [6.07, 6.45) is 11.4. The van der Waals surface area contributed by atoms with E-state index in [1.54, 1.807) is 0 Å². The van der Waals surface area contributed by atoms with Crippen LogP contribution < -0.4 is 4.74 Å². The van der Waals surface area contributed by atoms with Crippen LogP contribution >= 0.6 is 0 Å². The van der Waals surface area contributed by atoms with Crippen LogP contribution in [0.2, 0.25) is 0 Å². The summed E-state index contributed by atoms with van der Waals surface area (Å²) in [6, 6.07) is 1.96. The molecule has 0 N–H and O–H groups in total. The minimum absolute atomic E-state index is 0.252. The predicted molar refractivity (Wildman–Crippen MR) is 108 cm³/mol. The first-order chi connectivity index (χ1) is 15.1. The van der Waals surface area contributed by atoms with E-state index in [2.05, 4.69) is 5.10 Å². The Morgan fingerprint density at radius 2 is 1.81 bits per heavy atom. The van der Waals surface area contributed by atoms with Crippen molar-refractivity contribution < 1.29 is 24.0 Å². The number of carbonyl (C=O) groups excluding carboxylic acids is 2. The summed E-state index contributed by atoms with van der Waals surface area (Å²) >= 11 is 0. The van der Waals surface area contributed by atoms with Gasteiger partial charge in [-0.3, -0.25) is 4.68 Å². The SMILES string of the molecule is O=C1C=C(CCOc2cc3n(n2)CCCC3)C(=O)ON(C23CC4CC(CC(C4)C2)C3)O1. The molecule has 3 heterocycles. The number of aryl methyl sites for hydroxylation is 2. The molecule has 2 aliphatic heterocycles. The summed E-state index contributed by atoms with van der Waals surface area (Å²) in [4.78, 5) is 36.5. The van der Waals surface area contributed by atoms with E-state index in [1.807, 2.05) is 10.7 Å². The molecular weight excluding hydrogens is 398 g/mol. The summed E-state index contributed by atoms with van der Waals surface area (Å²) < 4.78 is 7.75. The Morgan fingerprint density at radius 1 is 1.06 bits per heavy atom. The number of fused-ring (bicyclic) bond motifs is 1. The molecule has 8 nitrogen and oxygen atoms in total. The number of carbonyl (C=O) groups is 2. The molecule has 1 aromatic heterocycles. The van der Waals surface area contributed by atoms with Crippen molar-refractivity contribution in [1.82, 2.24) is 15.0 Å². The lowest BCUT2D eigenvalue weighted by atomic mass is 9.53. The zero-order valence-electron chi connectivity index (χ0n) is 17.8. The zero-order valence-corrected chi connectivity index (χ0v) is 17.8. The topological polar surface area (TPSA) is 82.9 Å². The van der Waals surface area contributed by atoms with Gasteiger partial charge in [-0.05, 0) is 75.5 Å². The minimum Gasteiger partial charge on any atom is -0.476 e. The quantitative estimate of drug-likeness (QED) is 0.714. The first kappa shape index (κ1) is 19.3. The second-order valence-electron chi connectivity index (χ2n) is 10.1. The summed E-state index contributed by atoms with van der Waals surface area (Å²) in [5.41, 5.74) is 1.11. The highest BCUT2D eigenvalue weighted by atomic mass is 17.0. The highest BCUT2D eigenvalue weighted by molar-refractivity contribution is 5.97. The number of nitrogens with zero attached hydrogens (tertiary/aromatic N) is 3. The Bertz CT molecular complexity index is 877. The van der Waals surface area contributed by atoms with E-state index in [9.17, 15) is 9.59 Å². The third kappa shape index (κ3) is 3.54. The van der Waals surface area contributed by atoms with Crippen molar-refractivity contribution in [2.45, 2.75) is 76.3 Å². The maximum absolute atomic E-state index is 12.8. The number of rotatable bonds is 5. The summed E-state index contributed by atoms with van der Waals surface area (Å²) in [5.74, 6) is 1.44. The minimum atomic E-state index is -0.547. The van der Waals surface area contributed by atoms with Crippen molar-refractivity contribution in [3.8, 4) is 5.88 Å². The van der Waals surface area contributed by atoms with Gasteiger partial charge < -0.3 is 14.4 Å². The van der Waals surface area contributed by atoms with Gasteiger partial charge in [0.15, 0.2) is 0 Å². The van der Waals surface area contributed by atoms with Gasteiger partial charge in [0.25, 0.3) is 0 Å². The average Bonchev–Trinajstić information content (AvgIpc) is 3.07. The van der Waals surface area contributed by atoms with Crippen LogP contribution in [0.1, 0.15) is 63.5 Å². The first-order valence-electron chi connectivity index (χ1n) is 11.7. The van der Waals surface area contributed by atoms with Crippen LogP contribution in [0.15, 0.2) is 17.7 Å². The molecule has 0 saturated heterocycles. The molecule has 0 amide bonds. The third-order valence-electron chi connectivity index (χ3n) is 7.80. The van der Waals surface area contributed by atoms with E-state index in [4.69, 9.17) is 14.4 Å². The van der Waals surface area contributed by atoms with Crippen LogP contribution in [0, 0.1) is 17.8 Å². The Balaban J connectivity index is 1.10. The van der Waals surface area contributed by atoms with Crippen molar-refractivity contribution in [1.29, 1.82) is 0 Å². The van der Waals surface area contributed by atoms with Gasteiger partial charge in [-0.25, -0.2) is 9.59 Å². The van der Waals surface area contributed by atoms with Gasteiger partial charge in [0.1, 0.15) is 0 Å². The molecule has 4 fully saturated rings. The largest absolute Gasteiger partial charge is 0.476 e. The fourth-order valence-corrected chi connectivity index (χ4v) is 6.85. The lowest BCUT2D eigenvalue weighted by Crippen LogP contribution is -2.60. The van der Waals surface area contributed by atoms with Gasteiger partial charge in [-0.1, -0.05) is 0 Å². The zero-order chi connectivity index (χ0) is 21.0. The number of hydroxylamine groups is 2. The average molecular weight is 428 g/mol. The molecule has 0 unspecified atom stereocenters. The molecule has 4 bridgehead atoms. The van der Waals surface area contributed by atoms with Crippen molar-refractivity contribution in [3.05, 3.63) is 23.4 Å². The second kappa shape index (κ2) is 7.36. The summed E-state index contributed by atoms with van der Waals surface area (Å²) in [6.45, 7) is 1.17. The maximum Gasteiger partial charge on any atom is 0.356 e. The third-order valence-corrected chi connectivity index (χ3v) is 7.80. The number of hydrogen-bond acceptors (Lipinski definition) is 7. The van der Waals surface area contributed by atoms with Crippen molar-refractivity contribution in [3.63, 3.8) is 0 Å². The molecule has 4 saturated carbocycles. The van der Waals surface area contributed by atoms with Crippen LogP contribution in [-0.4, -0.2) is 39.1 Å². The molecule has 0 aromatic carbocycles. The molecule has 0 atom stereocenters. The normalized spacial score (nSPS) is 34.6. The van der Waals surface area contributed by atoms with Gasteiger partial charge in [-0.2, -0.15) is 0 Å². The van der Waals surface area contributed by atoms with Crippen LogP contribution in [0.25, 0.3) is 0 Å². The molecule has 4 aliphatic carbocycles. The monoisotopic (exact) mass is 427 g/mol. The fourth-order valence-electron chi connectivity index (χ4n) is 6.85. The number of aromatic nitrogens is 2. The van der Waals surface area contributed by atoms with Gasteiger partial charge in [0.2, 0.25) is 5.88 Å². The van der Waals surface area contributed by atoms with E-state index in [1.165, 1.54) is 42.7 Å².